The van der Waals surface area contributed by atoms with Gasteiger partial charge < -0.3 is 10.3 Å². The highest BCUT2D eigenvalue weighted by atomic mass is 79.9. The Balaban J connectivity index is 1.92. The van der Waals surface area contributed by atoms with Crippen LogP contribution in [0.25, 0.3) is 11.0 Å². The second-order valence-corrected chi connectivity index (χ2v) is 4.65. The van der Waals surface area contributed by atoms with Gasteiger partial charge in [-0.25, -0.2) is 4.98 Å². The zero-order chi connectivity index (χ0) is 11.7. The minimum Gasteiger partial charge on any atom is -0.326 e. The molecule has 2 aromatic carbocycles. The number of hydrogen-bond donors (Lipinski definition) is 2. The predicted molar refractivity (Wildman–Crippen MR) is 73.5 cm³/mol. The van der Waals surface area contributed by atoms with Crippen LogP contribution in [0.5, 0.6) is 0 Å². The number of rotatable bonds is 2. The Bertz CT molecular complexity index is 610. The summed E-state index contributed by atoms with van der Waals surface area (Å²) in [6.45, 7) is 0. The lowest BCUT2D eigenvalue weighted by molar-refractivity contribution is 1.31. The summed E-state index contributed by atoms with van der Waals surface area (Å²) >= 11 is 3.41. The fourth-order valence-corrected chi connectivity index (χ4v) is 1.95. The molecule has 0 bridgehead atoms. The molecule has 3 rings (SSSR count). The van der Waals surface area contributed by atoms with E-state index in [4.69, 9.17) is 0 Å². The van der Waals surface area contributed by atoms with Gasteiger partial charge in [0.1, 0.15) is 0 Å². The Labute approximate surface area is 107 Å². The number of nitrogens with one attached hydrogen (secondary N) is 2. The van der Waals surface area contributed by atoms with Gasteiger partial charge in [-0.3, -0.25) is 0 Å². The molecule has 0 aliphatic carbocycles. The van der Waals surface area contributed by atoms with E-state index in [-0.39, 0.29) is 0 Å². The van der Waals surface area contributed by atoms with Gasteiger partial charge >= 0.3 is 0 Å². The average Bonchev–Trinajstić information content (AvgIpc) is 2.74. The van der Waals surface area contributed by atoms with Gasteiger partial charge in [0.25, 0.3) is 0 Å². The molecule has 3 nitrogen and oxygen atoms in total. The van der Waals surface area contributed by atoms with Crippen LogP contribution in [0.4, 0.5) is 11.6 Å². The van der Waals surface area contributed by atoms with Crippen LogP contribution in [-0.4, -0.2) is 9.97 Å². The molecule has 0 saturated carbocycles. The number of nitrogens with zero attached hydrogens (tertiary/aromatic N) is 1. The lowest BCUT2D eigenvalue weighted by atomic mass is 10.3. The molecule has 4 heteroatoms. The highest BCUT2D eigenvalue weighted by Crippen LogP contribution is 2.19. The molecular formula is C13H10BrN3. The second kappa shape index (κ2) is 4.22. The van der Waals surface area contributed by atoms with Crippen molar-refractivity contribution in [1.29, 1.82) is 0 Å². The molecule has 17 heavy (non-hydrogen) atoms. The number of para-hydroxylation sites is 2. The van der Waals surface area contributed by atoms with Gasteiger partial charge in [0.2, 0.25) is 5.95 Å². The Morgan fingerprint density at radius 3 is 2.53 bits per heavy atom. The van der Waals surface area contributed by atoms with Crippen LogP contribution in [0.1, 0.15) is 0 Å². The quantitative estimate of drug-likeness (QED) is 0.746. The molecule has 0 amide bonds. The number of benzene rings is 2. The summed E-state index contributed by atoms with van der Waals surface area (Å²) in [6.07, 6.45) is 0. The van der Waals surface area contributed by atoms with Crippen molar-refractivity contribution in [3.63, 3.8) is 0 Å². The molecule has 0 fully saturated rings. The third kappa shape index (κ3) is 2.17. The molecular weight excluding hydrogens is 278 g/mol. The molecule has 2 N–H and O–H groups in total. The van der Waals surface area contributed by atoms with Gasteiger partial charge in [-0.1, -0.05) is 28.1 Å². The molecule has 3 aromatic rings. The smallest absolute Gasteiger partial charge is 0.205 e. The number of anilines is 2. The van der Waals surface area contributed by atoms with Gasteiger partial charge in [-0.15, -0.1) is 0 Å². The van der Waals surface area contributed by atoms with E-state index in [0.717, 1.165) is 27.1 Å². The molecule has 0 aliphatic heterocycles. The third-order valence-corrected chi connectivity index (χ3v) is 3.03. The predicted octanol–water partition coefficient (Wildman–Crippen LogP) is 4.07. The van der Waals surface area contributed by atoms with E-state index in [2.05, 4.69) is 31.2 Å². The highest BCUT2D eigenvalue weighted by Gasteiger charge is 2.01. The SMILES string of the molecule is Brc1ccc(Nc2nc3ccccc3[nH]2)cc1. The number of aromatic amines is 1. The summed E-state index contributed by atoms with van der Waals surface area (Å²) in [7, 11) is 0. The maximum absolute atomic E-state index is 4.45. The maximum Gasteiger partial charge on any atom is 0.205 e. The Morgan fingerprint density at radius 1 is 1.00 bits per heavy atom. The van der Waals surface area contributed by atoms with E-state index in [9.17, 15) is 0 Å². The van der Waals surface area contributed by atoms with Crippen LogP contribution in [0.15, 0.2) is 53.0 Å². The van der Waals surface area contributed by atoms with Crippen LogP contribution in [0.3, 0.4) is 0 Å². The first kappa shape index (κ1) is 10.4. The summed E-state index contributed by atoms with van der Waals surface area (Å²) < 4.78 is 1.06. The van der Waals surface area contributed by atoms with E-state index in [0.29, 0.717) is 0 Å². The number of halogens is 1. The van der Waals surface area contributed by atoms with Crippen molar-refractivity contribution in [1.82, 2.24) is 9.97 Å². The Hall–Kier alpha value is -1.81. The molecule has 0 aliphatic rings. The molecule has 0 radical (unpaired) electrons. The monoisotopic (exact) mass is 287 g/mol. The molecule has 1 aromatic heterocycles. The molecule has 1 heterocycles. The fourth-order valence-electron chi connectivity index (χ4n) is 1.68. The molecule has 84 valence electrons. The van der Waals surface area contributed by atoms with Crippen molar-refractivity contribution < 1.29 is 0 Å². The largest absolute Gasteiger partial charge is 0.326 e. The van der Waals surface area contributed by atoms with Crippen LogP contribution in [-0.2, 0) is 0 Å². The summed E-state index contributed by atoms with van der Waals surface area (Å²) in [5.41, 5.74) is 3.01. The highest BCUT2D eigenvalue weighted by molar-refractivity contribution is 9.10. The van der Waals surface area contributed by atoms with Crippen molar-refractivity contribution in [3.05, 3.63) is 53.0 Å². The normalized spacial score (nSPS) is 10.6. The zero-order valence-electron chi connectivity index (χ0n) is 8.94. The van der Waals surface area contributed by atoms with Crippen molar-refractivity contribution in [3.8, 4) is 0 Å². The molecule has 0 saturated heterocycles. The first-order valence-corrected chi connectivity index (χ1v) is 6.08. The minimum absolute atomic E-state index is 0.758. The van der Waals surface area contributed by atoms with E-state index < -0.39 is 0 Å². The topological polar surface area (TPSA) is 40.7 Å². The van der Waals surface area contributed by atoms with Crippen LogP contribution in [0, 0.1) is 0 Å². The third-order valence-electron chi connectivity index (χ3n) is 2.50. The number of hydrogen-bond acceptors (Lipinski definition) is 2. The molecule has 0 atom stereocenters. The Morgan fingerprint density at radius 2 is 1.76 bits per heavy atom. The standard InChI is InChI=1S/C13H10BrN3/c14-9-5-7-10(8-6-9)15-13-16-11-3-1-2-4-12(11)17-13/h1-8H,(H2,15,16,17). The minimum atomic E-state index is 0.758. The summed E-state index contributed by atoms with van der Waals surface area (Å²) in [5.74, 6) is 0.758. The van der Waals surface area contributed by atoms with E-state index >= 15 is 0 Å². The van der Waals surface area contributed by atoms with Crippen LogP contribution >= 0.6 is 15.9 Å². The van der Waals surface area contributed by atoms with Crippen molar-refractivity contribution in [2.45, 2.75) is 0 Å². The van der Waals surface area contributed by atoms with Crippen LogP contribution in [0.2, 0.25) is 0 Å². The lowest BCUT2D eigenvalue weighted by Gasteiger charge is -2.01. The summed E-state index contributed by atoms with van der Waals surface area (Å²) in [4.78, 5) is 7.68. The second-order valence-electron chi connectivity index (χ2n) is 3.73. The van der Waals surface area contributed by atoms with E-state index in [1.54, 1.807) is 0 Å². The van der Waals surface area contributed by atoms with Crippen molar-refractivity contribution in [2.75, 3.05) is 5.32 Å². The van der Waals surface area contributed by atoms with Gasteiger partial charge in [-0.05, 0) is 36.4 Å². The number of H-pyrrole nitrogens is 1. The van der Waals surface area contributed by atoms with Crippen LogP contribution < -0.4 is 5.32 Å². The van der Waals surface area contributed by atoms with E-state index in [1.165, 1.54) is 0 Å². The number of fused-ring (bicyclic) bond motifs is 1. The first-order valence-electron chi connectivity index (χ1n) is 5.28. The van der Waals surface area contributed by atoms with Gasteiger partial charge in [-0.2, -0.15) is 0 Å². The van der Waals surface area contributed by atoms with E-state index in [1.807, 2.05) is 48.5 Å². The van der Waals surface area contributed by atoms with Crippen molar-refractivity contribution >= 4 is 38.6 Å². The summed E-state index contributed by atoms with van der Waals surface area (Å²) in [5, 5.41) is 3.23. The van der Waals surface area contributed by atoms with Gasteiger partial charge in [0, 0.05) is 10.2 Å². The summed E-state index contributed by atoms with van der Waals surface area (Å²) in [6, 6.07) is 15.9. The molecule has 0 spiro atoms. The van der Waals surface area contributed by atoms with Crippen molar-refractivity contribution in [2.24, 2.45) is 0 Å². The van der Waals surface area contributed by atoms with Gasteiger partial charge in [0.05, 0.1) is 11.0 Å². The first-order chi connectivity index (χ1) is 8.31. The molecule has 0 unspecified atom stereocenters. The van der Waals surface area contributed by atoms with Gasteiger partial charge in [0.15, 0.2) is 0 Å². The number of aromatic nitrogens is 2. The maximum atomic E-state index is 4.45. The average molecular weight is 288 g/mol. The lowest BCUT2D eigenvalue weighted by Crippen LogP contribution is -1.91. The zero-order valence-corrected chi connectivity index (χ0v) is 10.5. The number of imidazole rings is 1. The fraction of sp³-hybridized carbons (Fsp3) is 0. The Kier molecular flexibility index (Phi) is 2.57.